The molecule has 0 aliphatic carbocycles. The summed E-state index contributed by atoms with van der Waals surface area (Å²) in [5.74, 6) is 0.732. The first kappa shape index (κ1) is 20.0. The average Bonchev–Trinajstić information content (AvgIpc) is 3.52. The first-order valence-corrected chi connectivity index (χ1v) is 11.1. The lowest BCUT2D eigenvalue weighted by Crippen LogP contribution is -2.37. The van der Waals surface area contributed by atoms with Gasteiger partial charge in [0.05, 0.1) is 17.1 Å². The van der Waals surface area contributed by atoms with Crippen molar-refractivity contribution in [2.24, 2.45) is 0 Å². The van der Waals surface area contributed by atoms with Crippen LogP contribution in [0.5, 0.6) is 0 Å². The van der Waals surface area contributed by atoms with Gasteiger partial charge in [-0.15, -0.1) is 0 Å². The van der Waals surface area contributed by atoms with E-state index in [1.165, 1.54) is 0 Å². The number of fused-ring (bicyclic) bond motifs is 2. The van der Waals surface area contributed by atoms with Gasteiger partial charge in [0.1, 0.15) is 17.8 Å². The number of benzene rings is 2. The SMILES string of the molecule is O=C(Nc1ccccc1)N1CC=C(c2cc3c(Nc4ccc5[nH]ncc5c4)ncnc3[nH]2)CC1. The molecule has 6 rings (SSSR count). The maximum absolute atomic E-state index is 12.6. The number of carbonyl (C=O) groups excluding carboxylic acids is 1. The molecule has 34 heavy (non-hydrogen) atoms. The smallest absolute Gasteiger partial charge is 0.322 e. The summed E-state index contributed by atoms with van der Waals surface area (Å²) in [5.41, 5.74) is 5.62. The third kappa shape index (κ3) is 3.83. The minimum absolute atomic E-state index is 0.0925. The van der Waals surface area contributed by atoms with Crippen LogP contribution in [0.2, 0.25) is 0 Å². The van der Waals surface area contributed by atoms with Crippen molar-refractivity contribution in [2.75, 3.05) is 23.7 Å². The van der Waals surface area contributed by atoms with Gasteiger partial charge in [-0.3, -0.25) is 5.10 Å². The number of aromatic amines is 2. The number of aromatic nitrogens is 5. The molecule has 0 radical (unpaired) electrons. The molecule has 4 heterocycles. The molecule has 9 nitrogen and oxygen atoms in total. The largest absolute Gasteiger partial charge is 0.340 e. The van der Waals surface area contributed by atoms with Crippen LogP contribution < -0.4 is 10.6 Å². The van der Waals surface area contributed by atoms with Gasteiger partial charge < -0.3 is 20.5 Å². The average molecular weight is 451 g/mol. The number of nitrogens with one attached hydrogen (secondary N) is 4. The van der Waals surface area contributed by atoms with Gasteiger partial charge in [0.2, 0.25) is 0 Å². The van der Waals surface area contributed by atoms with Crippen molar-refractivity contribution in [3.05, 3.63) is 78.9 Å². The molecule has 2 amide bonds. The highest BCUT2D eigenvalue weighted by molar-refractivity contribution is 5.94. The lowest BCUT2D eigenvalue weighted by atomic mass is 10.1. The maximum atomic E-state index is 12.6. The van der Waals surface area contributed by atoms with Crippen LogP contribution in [-0.4, -0.2) is 49.2 Å². The number of carbonyl (C=O) groups is 1. The molecule has 168 valence electrons. The molecule has 2 aromatic carbocycles. The zero-order chi connectivity index (χ0) is 22.9. The zero-order valence-corrected chi connectivity index (χ0v) is 18.2. The Morgan fingerprint density at radius 2 is 1.94 bits per heavy atom. The molecular formula is C25H22N8O. The van der Waals surface area contributed by atoms with Crippen molar-refractivity contribution in [1.82, 2.24) is 30.0 Å². The first-order chi connectivity index (χ1) is 16.7. The van der Waals surface area contributed by atoms with Crippen LogP contribution in [0.1, 0.15) is 12.1 Å². The van der Waals surface area contributed by atoms with Gasteiger partial charge in [-0.1, -0.05) is 24.3 Å². The lowest BCUT2D eigenvalue weighted by molar-refractivity contribution is 0.217. The first-order valence-electron chi connectivity index (χ1n) is 11.1. The van der Waals surface area contributed by atoms with Crippen molar-refractivity contribution in [3.8, 4) is 0 Å². The summed E-state index contributed by atoms with van der Waals surface area (Å²) in [4.78, 5) is 26.7. The standard InChI is InChI=1S/C25H22N8O/c34-25(30-18-4-2-1-3-5-18)33-10-8-16(9-11-33)22-13-20-23(26-15-27-24(20)31-22)29-19-6-7-21-17(12-19)14-28-32-21/h1-8,12-15H,9-11H2,(H,28,32)(H,30,34)(H2,26,27,29,31). The number of hydrogen-bond donors (Lipinski definition) is 4. The summed E-state index contributed by atoms with van der Waals surface area (Å²) in [5, 5.41) is 15.3. The number of urea groups is 1. The number of nitrogens with zero attached hydrogens (tertiary/aromatic N) is 4. The Kier molecular flexibility index (Phi) is 4.91. The van der Waals surface area contributed by atoms with E-state index in [0.717, 1.165) is 56.8 Å². The van der Waals surface area contributed by atoms with E-state index in [9.17, 15) is 4.79 Å². The molecule has 0 fully saturated rings. The van der Waals surface area contributed by atoms with Crippen molar-refractivity contribution >= 4 is 50.7 Å². The van der Waals surface area contributed by atoms with E-state index in [1.807, 2.05) is 48.5 Å². The predicted molar refractivity (Wildman–Crippen MR) is 133 cm³/mol. The van der Waals surface area contributed by atoms with Gasteiger partial charge in [-0.05, 0) is 48.4 Å². The van der Waals surface area contributed by atoms with E-state index < -0.39 is 0 Å². The van der Waals surface area contributed by atoms with Gasteiger partial charge >= 0.3 is 6.03 Å². The van der Waals surface area contributed by atoms with Crippen LogP contribution >= 0.6 is 0 Å². The Bertz CT molecular complexity index is 1520. The van der Waals surface area contributed by atoms with Crippen LogP contribution in [0, 0.1) is 0 Å². The maximum Gasteiger partial charge on any atom is 0.322 e. The Balaban J connectivity index is 1.20. The number of rotatable bonds is 4. The van der Waals surface area contributed by atoms with Gasteiger partial charge in [0.25, 0.3) is 0 Å². The fourth-order valence-electron chi connectivity index (χ4n) is 4.19. The van der Waals surface area contributed by atoms with Crippen molar-refractivity contribution < 1.29 is 4.79 Å². The highest BCUT2D eigenvalue weighted by atomic mass is 16.2. The van der Waals surface area contributed by atoms with E-state index in [4.69, 9.17) is 0 Å². The topological polar surface area (TPSA) is 115 Å². The fourth-order valence-corrected chi connectivity index (χ4v) is 4.19. The van der Waals surface area contributed by atoms with Crippen LogP contribution in [-0.2, 0) is 0 Å². The minimum Gasteiger partial charge on any atom is -0.340 e. The van der Waals surface area contributed by atoms with Gasteiger partial charge in [-0.2, -0.15) is 5.10 Å². The summed E-state index contributed by atoms with van der Waals surface area (Å²) in [7, 11) is 0. The Morgan fingerprint density at radius 1 is 1.03 bits per heavy atom. The fraction of sp³-hybridized carbons (Fsp3) is 0.120. The third-order valence-electron chi connectivity index (χ3n) is 6.00. The molecular weight excluding hydrogens is 428 g/mol. The number of para-hydroxylation sites is 1. The summed E-state index contributed by atoms with van der Waals surface area (Å²) in [6.07, 6.45) is 6.18. The van der Waals surface area contributed by atoms with E-state index >= 15 is 0 Å². The minimum atomic E-state index is -0.0925. The molecule has 4 N–H and O–H groups in total. The van der Waals surface area contributed by atoms with Crippen molar-refractivity contribution in [3.63, 3.8) is 0 Å². The molecule has 0 spiro atoms. The number of hydrogen-bond acceptors (Lipinski definition) is 5. The normalized spacial score (nSPS) is 13.8. The quantitative estimate of drug-likeness (QED) is 0.311. The zero-order valence-electron chi connectivity index (χ0n) is 18.2. The Morgan fingerprint density at radius 3 is 2.79 bits per heavy atom. The molecule has 0 saturated heterocycles. The molecule has 0 saturated carbocycles. The van der Waals surface area contributed by atoms with Gasteiger partial charge in [0, 0.05) is 35.5 Å². The third-order valence-corrected chi connectivity index (χ3v) is 6.00. The van der Waals surface area contributed by atoms with Gasteiger partial charge in [0.15, 0.2) is 0 Å². The Labute approximate surface area is 194 Å². The summed E-state index contributed by atoms with van der Waals surface area (Å²) < 4.78 is 0. The summed E-state index contributed by atoms with van der Waals surface area (Å²) >= 11 is 0. The molecule has 1 aliphatic heterocycles. The number of anilines is 3. The molecule has 9 heteroatoms. The second kappa shape index (κ2) is 8.36. The number of amides is 2. The van der Waals surface area contributed by atoms with Crippen LogP contribution in [0.3, 0.4) is 0 Å². The second-order valence-corrected chi connectivity index (χ2v) is 8.19. The lowest BCUT2D eigenvalue weighted by Gasteiger charge is -2.26. The highest BCUT2D eigenvalue weighted by Gasteiger charge is 2.20. The summed E-state index contributed by atoms with van der Waals surface area (Å²) in [6, 6.07) is 17.5. The molecule has 0 bridgehead atoms. The summed E-state index contributed by atoms with van der Waals surface area (Å²) in [6.45, 7) is 1.19. The predicted octanol–water partition coefficient (Wildman–Crippen LogP) is 4.90. The monoisotopic (exact) mass is 450 g/mol. The molecule has 3 aromatic heterocycles. The molecule has 0 atom stereocenters. The van der Waals surface area contributed by atoms with Crippen LogP contribution in [0.4, 0.5) is 22.0 Å². The molecule has 1 aliphatic rings. The second-order valence-electron chi connectivity index (χ2n) is 8.19. The highest BCUT2D eigenvalue weighted by Crippen LogP contribution is 2.30. The Hall–Kier alpha value is -4.66. The molecule has 5 aromatic rings. The van der Waals surface area contributed by atoms with Crippen molar-refractivity contribution in [1.29, 1.82) is 0 Å². The van der Waals surface area contributed by atoms with E-state index in [1.54, 1.807) is 17.4 Å². The van der Waals surface area contributed by atoms with Crippen LogP contribution in [0.25, 0.3) is 27.5 Å². The van der Waals surface area contributed by atoms with Gasteiger partial charge in [-0.25, -0.2) is 14.8 Å². The van der Waals surface area contributed by atoms with Crippen LogP contribution in [0.15, 0.2) is 73.2 Å². The molecule has 0 unspecified atom stereocenters. The van der Waals surface area contributed by atoms with Crippen molar-refractivity contribution in [2.45, 2.75) is 6.42 Å². The van der Waals surface area contributed by atoms with E-state index in [0.29, 0.717) is 13.1 Å². The van der Waals surface area contributed by atoms with E-state index in [2.05, 4.69) is 47.9 Å². The van der Waals surface area contributed by atoms with E-state index in [-0.39, 0.29) is 6.03 Å². The number of H-pyrrole nitrogens is 2.